The Labute approximate surface area is 129 Å². The molecular weight excluding hydrogens is 278 g/mol. The van der Waals surface area contributed by atoms with Gasteiger partial charge in [-0.05, 0) is 26.9 Å². The van der Waals surface area contributed by atoms with Crippen molar-refractivity contribution in [1.82, 2.24) is 14.7 Å². The van der Waals surface area contributed by atoms with Crippen LogP contribution in [-0.2, 0) is 4.74 Å². The highest BCUT2D eigenvalue weighted by Gasteiger charge is 2.22. The minimum Gasteiger partial charge on any atom is -0.447 e. The second-order valence-electron chi connectivity index (χ2n) is 5.29. The van der Waals surface area contributed by atoms with Crippen molar-refractivity contribution in [3.8, 4) is 0 Å². The number of carbonyl (C=O) groups excluding carboxylic acids is 1. The predicted molar refractivity (Wildman–Crippen MR) is 84.7 cm³/mol. The standard InChI is InChI=1S/C14H29N3O2.ClH/c1-5-15(6-2)7-8-16-9-11-17(12-10-16)14(18)19-13(3)4;/h13H,5-12H2,1-4H3;1H. The predicted octanol–water partition coefficient (Wildman–Crippen LogP) is 1.91. The molecule has 1 aliphatic rings. The van der Waals surface area contributed by atoms with E-state index in [9.17, 15) is 4.79 Å². The average Bonchev–Trinajstić information content (AvgIpc) is 2.39. The lowest BCUT2D eigenvalue weighted by Crippen LogP contribution is -2.50. The fourth-order valence-electron chi connectivity index (χ4n) is 2.25. The molecule has 1 rings (SSSR count). The Hall–Kier alpha value is -0.520. The fourth-order valence-corrected chi connectivity index (χ4v) is 2.25. The maximum Gasteiger partial charge on any atom is 0.410 e. The molecule has 0 atom stereocenters. The summed E-state index contributed by atoms with van der Waals surface area (Å²) in [6.45, 7) is 16.1. The van der Waals surface area contributed by atoms with Crippen molar-refractivity contribution in [3.05, 3.63) is 0 Å². The molecule has 0 bridgehead atoms. The molecule has 1 aliphatic heterocycles. The highest BCUT2D eigenvalue weighted by atomic mass is 35.5. The smallest absolute Gasteiger partial charge is 0.410 e. The van der Waals surface area contributed by atoms with Crippen LogP contribution >= 0.6 is 12.4 Å². The fraction of sp³-hybridized carbons (Fsp3) is 0.929. The van der Waals surface area contributed by atoms with Gasteiger partial charge in [0.1, 0.15) is 0 Å². The van der Waals surface area contributed by atoms with Crippen molar-refractivity contribution in [2.24, 2.45) is 0 Å². The molecule has 5 nitrogen and oxygen atoms in total. The molecule has 0 aromatic heterocycles. The molecule has 0 radical (unpaired) electrons. The molecule has 1 heterocycles. The number of halogens is 1. The number of carbonyl (C=O) groups is 1. The van der Waals surface area contributed by atoms with Gasteiger partial charge in [-0.25, -0.2) is 4.79 Å². The number of hydrogen-bond donors (Lipinski definition) is 0. The van der Waals surface area contributed by atoms with Crippen LogP contribution in [0, 0.1) is 0 Å². The van der Waals surface area contributed by atoms with Gasteiger partial charge in [-0.15, -0.1) is 12.4 Å². The number of hydrogen-bond acceptors (Lipinski definition) is 4. The molecule has 1 saturated heterocycles. The number of likely N-dealkylation sites (N-methyl/N-ethyl adjacent to an activating group) is 1. The molecule has 1 amide bonds. The largest absolute Gasteiger partial charge is 0.447 e. The Morgan fingerprint density at radius 3 is 2.15 bits per heavy atom. The third kappa shape index (κ3) is 6.77. The van der Waals surface area contributed by atoms with E-state index in [-0.39, 0.29) is 24.6 Å². The van der Waals surface area contributed by atoms with Gasteiger partial charge in [0.15, 0.2) is 0 Å². The van der Waals surface area contributed by atoms with Crippen LogP contribution in [-0.4, -0.2) is 79.3 Å². The van der Waals surface area contributed by atoms with E-state index in [1.165, 1.54) is 0 Å². The Morgan fingerprint density at radius 1 is 1.15 bits per heavy atom. The van der Waals surface area contributed by atoms with E-state index >= 15 is 0 Å². The molecule has 0 saturated carbocycles. The van der Waals surface area contributed by atoms with E-state index in [2.05, 4.69) is 23.6 Å². The Bertz CT molecular complexity index is 265. The second kappa shape index (κ2) is 10.2. The van der Waals surface area contributed by atoms with Gasteiger partial charge in [0, 0.05) is 39.3 Å². The summed E-state index contributed by atoms with van der Waals surface area (Å²) in [6, 6.07) is 0. The van der Waals surface area contributed by atoms with Crippen molar-refractivity contribution < 1.29 is 9.53 Å². The quantitative estimate of drug-likeness (QED) is 0.751. The zero-order chi connectivity index (χ0) is 14.3. The molecule has 0 aliphatic carbocycles. The van der Waals surface area contributed by atoms with Gasteiger partial charge in [0.05, 0.1) is 6.10 Å². The van der Waals surface area contributed by atoms with Gasteiger partial charge in [-0.3, -0.25) is 4.90 Å². The van der Waals surface area contributed by atoms with Crippen LogP contribution in [0.3, 0.4) is 0 Å². The SMILES string of the molecule is CCN(CC)CCN1CCN(C(=O)OC(C)C)CC1.Cl. The number of ether oxygens (including phenoxy) is 1. The first-order valence-electron chi connectivity index (χ1n) is 7.47. The lowest BCUT2D eigenvalue weighted by molar-refractivity contribution is 0.0555. The number of rotatable bonds is 6. The third-order valence-electron chi connectivity index (χ3n) is 3.59. The summed E-state index contributed by atoms with van der Waals surface area (Å²) in [5.41, 5.74) is 0. The average molecular weight is 308 g/mol. The monoisotopic (exact) mass is 307 g/mol. The maximum absolute atomic E-state index is 11.8. The van der Waals surface area contributed by atoms with E-state index in [0.29, 0.717) is 0 Å². The summed E-state index contributed by atoms with van der Waals surface area (Å²) >= 11 is 0. The van der Waals surface area contributed by atoms with Gasteiger partial charge in [-0.2, -0.15) is 0 Å². The van der Waals surface area contributed by atoms with Crippen LogP contribution in [0.5, 0.6) is 0 Å². The van der Waals surface area contributed by atoms with Crippen LogP contribution in [0.2, 0.25) is 0 Å². The zero-order valence-corrected chi connectivity index (χ0v) is 14.1. The first-order valence-corrected chi connectivity index (χ1v) is 7.47. The van der Waals surface area contributed by atoms with Gasteiger partial charge in [0.2, 0.25) is 0 Å². The number of nitrogens with zero attached hydrogens (tertiary/aromatic N) is 3. The minimum absolute atomic E-state index is 0. The van der Waals surface area contributed by atoms with E-state index < -0.39 is 0 Å². The molecule has 0 unspecified atom stereocenters. The van der Waals surface area contributed by atoms with Crippen molar-refractivity contribution in [1.29, 1.82) is 0 Å². The topological polar surface area (TPSA) is 36.0 Å². The third-order valence-corrected chi connectivity index (χ3v) is 3.59. The highest BCUT2D eigenvalue weighted by molar-refractivity contribution is 5.85. The van der Waals surface area contributed by atoms with E-state index in [1.54, 1.807) is 0 Å². The lowest BCUT2D eigenvalue weighted by atomic mass is 10.3. The molecule has 0 spiro atoms. The van der Waals surface area contributed by atoms with Crippen LogP contribution in [0.4, 0.5) is 4.79 Å². The van der Waals surface area contributed by atoms with Crippen LogP contribution in [0.1, 0.15) is 27.7 Å². The molecule has 0 aromatic carbocycles. The molecule has 1 fully saturated rings. The molecule has 120 valence electrons. The van der Waals surface area contributed by atoms with Gasteiger partial charge in [-0.1, -0.05) is 13.8 Å². The Morgan fingerprint density at radius 2 is 1.70 bits per heavy atom. The van der Waals surface area contributed by atoms with Crippen molar-refractivity contribution in [3.63, 3.8) is 0 Å². The molecular formula is C14H30ClN3O2. The molecule has 6 heteroatoms. The van der Waals surface area contributed by atoms with Crippen LogP contribution < -0.4 is 0 Å². The first kappa shape index (κ1) is 19.5. The van der Waals surface area contributed by atoms with E-state index in [0.717, 1.165) is 52.4 Å². The van der Waals surface area contributed by atoms with Crippen LogP contribution in [0.25, 0.3) is 0 Å². The van der Waals surface area contributed by atoms with Gasteiger partial charge >= 0.3 is 6.09 Å². The lowest BCUT2D eigenvalue weighted by Gasteiger charge is -2.35. The molecule has 0 N–H and O–H groups in total. The van der Waals surface area contributed by atoms with Gasteiger partial charge in [0.25, 0.3) is 0 Å². The summed E-state index contributed by atoms with van der Waals surface area (Å²) in [6.07, 6.45) is -0.202. The van der Waals surface area contributed by atoms with Crippen molar-refractivity contribution >= 4 is 18.5 Å². The summed E-state index contributed by atoms with van der Waals surface area (Å²) in [5, 5.41) is 0. The summed E-state index contributed by atoms with van der Waals surface area (Å²) < 4.78 is 5.22. The highest BCUT2D eigenvalue weighted by Crippen LogP contribution is 2.05. The van der Waals surface area contributed by atoms with Crippen molar-refractivity contribution in [2.45, 2.75) is 33.8 Å². The normalized spacial score (nSPS) is 16.4. The summed E-state index contributed by atoms with van der Waals surface area (Å²) in [4.78, 5) is 18.4. The van der Waals surface area contributed by atoms with Crippen LogP contribution in [0.15, 0.2) is 0 Å². The summed E-state index contributed by atoms with van der Waals surface area (Å²) in [7, 11) is 0. The minimum atomic E-state index is -0.168. The second-order valence-corrected chi connectivity index (χ2v) is 5.29. The molecule has 20 heavy (non-hydrogen) atoms. The zero-order valence-electron chi connectivity index (χ0n) is 13.3. The number of amides is 1. The van der Waals surface area contributed by atoms with E-state index in [1.807, 2.05) is 18.7 Å². The van der Waals surface area contributed by atoms with E-state index in [4.69, 9.17) is 4.74 Å². The van der Waals surface area contributed by atoms with Crippen molar-refractivity contribution in [2.75, 3.05) is 52.4 Å². The van der Waals surface area contributed by atoms with Gasteiger partial charge < -0.3 is 14.5 Å². The molecule has 0 aromatic rings. The summed E-state index contributed by atoms with van der Waals surface area (Å²) in [5.74, 6) is 0. The Kier molecular flexibility index (Phi) is 9.98. The maximum atomic E-state index is 11.8. The Balaban J connectivity index is 0.00000361. The first-order chi connectivity index (χ1) is 9.06. The number of piperazine rings is 1.